The second-order valence-corrected chi connectivity index (χ2v) is 4.91. The van der Waals surface area contributed by atoms with Crippen LogP contribution < -0.4 is 5.32 Å². The number of rotatable bonds is 4. The first-order valence-electron chi connectivity index (χ1n) is 5.72. The van der Waals surface area contributed by atoms with Gasteiger partial charge in [0.2, 0.25) is 0 Å². The van der Waals surface area contributed by atoms with Crippen molar-refractivity contribution < 1.29 is 0 Å². The highest BCUT2D eigenvalue weighted by Gasteiger charge is 2.13. The lowest BCUT2D eigenvalue weighted by atomic mass is 10.00. The summed E-state index contributed by atoms with van der Waals surface area (Å²) in [5.41, 5.74) is 2.27. The van der Waals surface area contributed by atoms with Crippen molar-refractivity contribution in [2.24, 2.45) is 0 Å². The van der Waals surface area contributed by atoms with Crippen molar-refractivity contribution in [1.29, 1.82) is 0 Å². The molecule has 2 rings (SSSR count). The Labute approximate surface area is 117 Å². The van der Waals surface area contributed by atoms with Gasteiger partial charge < -0.3 is 5.32 Å². The summed E-state index contributed by atoms with van der Waals surface area (Å²) in [5, 5.41) is 4.71. The molecule has 94 valence electrons. The SMILES string of the molecule is CNC(Cc1ccc(Cl)cc1)c1ccncc1Cl. The van der Waals surface area contributed by atoms with Crippen molar-refractivity contribution in [3.05, 3.63) is 63.9 Å². The lowest BCUT2D eigenvalue weighted by Crippen LogP contribution is -2.19. The Morgan fingerprint density at radius 3 is 2.50 bits per heavy atom. The molecule has 0 bridgehead atoms. The van der Waals surface area contributed by atoms with Crippen LogP contribution in [0.2, 0.25) is 10.0 Å². The summed E-state index contributed by atoms with van der Waals surface area (Å²) in [6, 6.07) is 9.97. The minimum Gasteiger partial charge on any atom is -0.313 e. The molecule has 1 unspecified atom stereocenters. The maximum absolute atomic E-state index is 6.17. The minimum absolute atomic E-state index is 0.168. The van der Waals surface area contributed by atoms with E-state index in [-0.39, 0.29) is 6.04 Å². The zero-order valence-corrected chi connectivity index (χ0v) is 11.5. The summed E-state index contributed by atoms with van der Waals surface area (Å²) in [4.78, 5) is 4.00. The fourth-order valence-corrected chi connectivity index (χ4v) is 2.27. The quantitative estimate of drug-likeness (QED) is 0.919. The molecule has 0 aliphatic heterocycles. The lowest BCUT2D eigenvalue weighted by Gasteiger charge is -2.17. The van der Waals surface area contributed by atoms with Crippen molar-refractivity contribution in [3.8, 4) is 0 Å². The van der Waals surface area contributed by atoms with Crippen LogP contribution in [0.3, 0.4) is 0 Å². The van der Waals surface area contributed by atoms with Gasteiger partial charge in [-0.2, -0.15) is 0 Å². The van der Waals surface area contributed by atoms with Crippen LogP contribution >= 0.6 is 23.2 Å². The molecule has 18 heavy (non-hydrogen) atoms. The number of benzene rings is 1. The number of likely N-dealkylation sites (N-methyl/N-ethyl adjacent to an activating group) is 1. The van der Waals surface area contributed by atoms with Crippen LogP contribution in [0, 0.1) is 0 Å². The highest BCUT2D eigenvalue weighted by atomic mass is 35.5. The van der Waals surface area contributed by atoms with Gasteiger partial charge in [-0.1, -0.05) is 35.3 Å². The molecular formula is C14H14Cl2N2. The molecule has 0 radical (unpaired) electrons. The third kappa shape index (κ3) is 3.22. The summed E-state index contributed by atoms with van der Waals surface area (Å²) in [6.45, 7) is 0. The molecule has 0 amide bonds. The predicted molar refractivity (Wildman–Crippen MR) is 76.2 cm³/mol. The zero-order chi connectivity index (χ0) is 13.0. The van der Waals surface area contributed by atoms with E-state index in [1.54, 1.807) is 12.4 Å². The van der Waals surface area contributed by atoms with Gasteiger partial charge in [0.1, 0.15) is 0 Å². The van der Waals surface area contributed by atoms with Crippen molar-refractivity contribution in [1.82, 2.24) is 10.3 Å². The highest BCUT2D eigenvalue weighted by molar-refractivity contribution is 6.31. The molecule has 1 aromatic carbocycles. The lowest BCUT2D eigenvalue weighted by molar-refractivity contribution is 0.591. The topological polar surface area (TPSA) is 24.9 Å². The normalized spacial score (nSPS) is 12.4. The van der Waals surface area contributed by atoms with Gasteiger partial charge in [-0.25, -0.2) is 0 Å². The summed E-state index contributed by atoms with van der Waals surface area (Å²) >= 11 is 12.0. The van der Waals surface area contributed by atoms with Gasteiger partial charge in [0.25, 0.3) is 0 Å². The number of pyridine rings is 1. The molecule has 1 atom stereocenters. The zero-order valence-electron chi connectivity index (χ0n) is 10.0. The smallest absolute Gasteiger partial charge is 0.0637 e. The third-order valence-electron chi connectivity index (χ3n) is 2.88. The fourth-order valence-electron chi connectivity index (χ4n) is 1.89. The van der Waals surface area contributed by atoms with Crippen molar-refractivity contribution >= 4 is 23.2 Å². The van der Waals surface area contributed by atoms with Crippen LogP contribution in [-0.2, 0) is 6.42 Å². The van der Waals surface area contributed by atoms with Gasteiger partial charge in [-0.15, -0.1) is 0 Å². The number of nitrogens with zero attached hydrogens (tertiary/aromatic N) is 1. The molecule has 1 aromatic heterocycles. The van der Waals surface area contributed by atoms with Gasteiger partial charge >= 0.3 is 0 Å². The summed E-state index contributed by atoms with van der Waals surface area (Å²) in [6.07, 6.45) is 4.29. The third-order valence-corrected chi connectivity index (χ3v) is 3.45. The Morgan fingerprint density at radius 1 is 1.17 bits per heavy atom. The molecule has 2 nitrogen and oxygen atoms in total. The van der Waals surface area contributed by atoms with Gasteiger partial charge in [-0.3, -0.25) is 4.98 Å². The number of nitrogens with one attached hydrogen (secondary N) is 1. The summed E-state index contributed by atoms with van der Waals surface area (Å²) in [7, 11) is 1.93. The Hall–Kier alpha value is -1.09. The van der Waals surface area contributed by atoms with Crippen LogP contribution in [0.25, 0.3) is 0 Å². The first-order chi connectivity index (χ1) is 8.70. The molecule has 0 fully saturated rings. The van der Waals surface area contributed by atoms with Crippen LogP contribution in [0.5, 0.6) is 0 Å². The maximum Gasteiger partial charge on any atom is 0.0637 e. The second kappa shape index (κ2) is 6.19. The fraction of sp³-hybridized carbons (Fsp3) is 0.214. The molecule has 2 aromatic rings. The van der Waals surface area contributed by atoms with Crippen LogP contribution in [0.4, 0.5) is 0 Å². The largest absolute Gasteiger partial charge is 0.313 e. The number of hydrogen-bond acceptors (Lipinski definition) is 2. The predicted octanol–water partition coefficient (Wildman–Crippen LogP) is 3.89. The van der Waals surface area contributed by atoms with E-state index >= 15 is 0 Å². The summed E-state index contributed by atoms with van der Waals surface area (Å²) in [5.74, 6) is 0. The standard InChI is InChI=1S/C14H14Cl2N2/c1-17-14(12-6-7-18-9-13(12)16)8-10-2-4-11(15)5-3-10/h2-7,9,14,17H,8H2,1H3. The summed E-state index contributed by atoms with van der Waals surface area (Å²) < 4.78 is 0. The van der Waals surface area contributed by atoms with E-state index < -0.39 is 0 Å². The van der Waals surface area contributed by atoms with Gasteiger partial charge in [0.15, 0.2) is 0 Å². The minimum atomic E-state index is 0.168. The Kier molecular flexibility index (Phi) is 4.59. The van der Waals surface area contributed by atoms with E-state index in [0.29, 0.717) is 5.02 Å². The highest BCUT2D eigenvalue weighted by Crippen LogP contribution is 2.25. The Bertz CT molecular complexity index is 511. The molecule has 0 spiro atoms. The van der Waals surface area contributed by atoms with Crippen molar-refractivity contribution in [2.75, 3.05) is 7.05 Å². The van der Waals surface area contributed by atoms with Crippen LogP contribution in [0.1, 0.15) is 17.2 Å². The monoisotopic (exact) mass is 280 g/mol. The van der Waals surface area contributed by atoms with Crippen molar-refractivity contribution in [3.63, 3.8) is 0 Å². The van der Waals surface area contributed by atoms with Crippen LogP contribution in [0.15, 0.2) is 42.7 Å². The number of halogens is 2. The van der Waals surface area contributed by atoms with E-state index in [1.165, 1.54) is 5.56 Å². The molecule has 1 N–H and O–H groups in total. The van der Waals surface area contributed by atoms with E-state index in [4.69, 9.17) is 23.2 Å². The molecule has 0 aliphatic rings. The van der Waals surface area contributed by atoms with E-state index in [0.717, 1.165) is 17.0 Å². The van der Waals surface area contributed by atoms with Crippen molar-refractivity contribution in [2.45, 2.75) is 12.5 Å². The first-order valence-corrected chi connectivity index (χ1v) is 6.47. The second-order valence-electron chi connectivity index (χ2n) is 4.07. The molecule has 4 heteroatoms. The van der Waals surface area contributed by atoms with Gasteiger partial charge in [-0.05, 0) is 42.8 Å². The van der Waals surface area contributed by atoms with Gasteiger partial charge in [0.05, 0.1) is 5.02 Å². The average molecular weight is 281 g/mol. The van der Waals surface area contributed by atoms with Crippen LogP contribution in [-0.4, -0.2) is 12.0 Å². The first kappa shape index (κ1) is 13.3. The van der Waals surface area contributed by atoms with E-state index in [2.05, 4.69) is 10.3 Å². The van der Waals surface area contributed by atoms with Gasteiger partial charge in [0, 0.05) is 23.5 Å². The maximum atomic E-state index is 6.17. The number of hydrogen-bond donors (Lipinski definition) is 1. The molecule has 0 saturated heterocycles. The Balaban J connectivity index is 2.20. The van der Waals surface area contributed by atoms with E-state index in [9.17, 15) is 0 Å². The molecular weight excluding hydrogens is 267 g/mol. The number of aromatic nitrogens is 1. The molecule has 1 heterocycles. The average Bonchev–Trinajstić information content (AvgIpc) is 2.39. The molecule has 0 saturated carbocycles. The Morgan fingerprint density at radius 2 is 1.89 bits per heavy atom. The molecule has 0 aliphatic carbocycles. The van der Waals surface area contributed by atoms with E-state index in [1.807, 2.05) is 37.4 Å².